The van der Waals surface area contributed by atoms with Crippen molar-refractivity contribution in [3.63, 3.8) is 0 Å². The Labute approximate surface area is 135 Å². The smallest absolute Gasteiger partial charge is 0.151 e. The van der Waals surface area contributed by atoms with Crippen LogP contribution in [0, 0.1) is 0 Å². The lowest BCUT2D eigenvalue weighted by Gasteiger charge is -1.99. The third-order valence-corrected chi connectivity index (χ3v) is 4.51. The normalized spacial score (nSPS) is 11.5. The fraction of sp³-hybridized carbons (Fsp3) is 0.222. The maximum atomic E-state index is 4.58. The van der Waals surface area contributed by atoms with Crippen LogP contribution < -0.4 is 0 Å². The summed E-state index contributed by atoms with van der Waals surface area (Å²) in [6.45, 7) is 0.820. The highest BCUT2D eigenvalue weighted by Gasteiger charge is 2.03. The molecule has 0 spiro atoms. The molecule has 2 aromatic carbocycles. The Hall–Kier alpha value is -2.07. The predicted octanol–water partition coefficient (Wildman–Crippen LogP) is 3.93. The summed E-state index contributed by atoms with van der Waals surface area (Å²) in [5.74, 6) is 2.98. The summed E-state index contributed by atoms with van der Waals surface area (Å²) in [6, 6.07) is 18.7. The second-order valence-electron chi connectivity index (χ2n) is 5.09. The lowest BCUT2D eigenvalue weighted by atomic mass is 10.2. The van der Waals surface area contributed by atoms with Crippen LogP contribution >= 0.6 is 11.8 Å². The van der Waals surface area contributed by atoms with E-state index in [-0.39, 0.29) is 0 Å². The minimum absolute atomic E-state index is 0.820. The highest BCUT2D eigenvalue weighted by atomic mass is 32.2. The zero-order valence-electron chi connectivity index (χ0n) is 12.6. The van der Waals surface area contributed by atoms with E-state index in [9.17, 15) is 0 Å². The van der Waals surface area contributed by atoms with Gasteiger partial charge in [-0.1, -0.05) is 42.5 Å². The summed E-state index contributed by atoms with van der Waals surface area (Å²) in [4.78, 5) is 9.08. The fourth-order valence-electron chi connectivity index (χ4n) is 2.31. The van der Waals surface area contributed by atoms with Crippen LogP contribution in [0.2, 0.25) is 0 Å². The van der Waals surface area contributed by atoms with Gasteiger partial charge in [0.05, 0.1) is 17.2 Å². The van der Waals surface area contributed by atoms with Crippen molar-refractivity contribution < 1.29 is 0 Å². The van der Waals surface area contributed by atoms with E-state index in [0.717, 1.165) is 34.9 Å². The van der Waals surface area contributed by atoms with Crippen molar-refractivity contribution in [2.75, 3.05) is 12.3 Å². The van der Waals surface area contributed by atoms with Crippen molar-refractivity contribution in [1.82, 2.24) is 9.55 Å². The molecule has 0 fully saturated rings. The van der Waals surface area contributed by atoms with E-state index >= 15 is 0 Å². The number of nitrogens with zero attached hydrogens (tertiary/aromatic N) is 3. The third kappa shape index (κ3) is 3.57. The van der Waals surface area contributed by atoms with Gasteiger partial charge in [0.1, 0.15) is 0 Å². The molecule has 4 heteroatoms. The van der Waals surface area contributed by atoms with E-state index in [2.05, 4.69) is 50.9 Å². The van der Waals surface area contributed by atoms with Gasteiger partial charge < -0.3 is 4.57 Å². The number of aromatic nitrogens is 2. The second-order valence-corrected chi connectivity index (χ2v) is 6.20. The number of fused-ring (bicyclic) bond motifs is 1. The molecule has 3 rings (SSSR count). The maximum Gasteiger partial charge on any atom is 0.151 e. The van der Waals surface area contributed by atoms with Gasteiger partial charge in [-0.2, -0.15) is 11.8 Å². The molecule has 112 valence electrons. The quantitative estimate of drug-likeness (QED) is 0.510. The second kappa shape index (κ2) is 7.27. The molecule has 0 saturated heterocycles. The monoisotopic (exact) mass is 309 g/mol. The maximum absolute atomic E-state index is 4.58. The van der Waals surface area contributed by atoms with Gasteiger partial charge in [-0.15, -0.1) is 0 Å². The molecule has 3 nitrogen and oxygen atoms in total. The Balaban J connectivity index is 1.50. The van der Waals surface area contributed by atoms with Gasteiger partial charge in [-0.25, -0.2) is 4.98 Å². The molecule has 1 heterocycles. The first-order valence-electron chi connectivity index (χ1n) is 7.37. The van der Waals surface area contributed by atoms with Crippen LogP contribution in [0.25, 0.3) is 11.0 Å². The Morgan fingerprint density at radius 3 is 2.68 bits per heavy atom. The lowest BCUT2D eigenvalue weighted by molar-refractivity contribution is 0.932. The molecule has 0 radical (unpaired) electrons. The zero-order chi connectivity index (χ0) is 15.2. The molecule has 3 aromatic rings. The average molecular weight is 309 g/mol. The SMILES string of the molecule is Cn1c(/C=N/CCSCc2ccccc2)nc2ccccc21. The predicted molar refractivity (Wildman–Crippen MR) is 95.8 cm³/mol. The molecule has 0 bridgehead atoms. The number of para-hydroxylation sites is 2. The van der Waals surface area contributed by atoms with Crippen molar-refractivity contribution >= 4 is 29.0 Å². The topological polar surface area (TPSA) is 30.2 Å². The Morgan fingerprint density at radius 1 is 1.09 bits per heavy atom. The summed E-state index contributed by atoms with van der Waals surface area (Å²) in [5, 5.41) is 0. The van der Waals surface area contributed by atoms with Gasteiger partial charge in [0, 0.05) is 25.1 Å². The number of imidazole rings is 1. The molecule has 0 aliphatic heterocycles. The molecular formula is C18H19N3S. The van der Waals surface area contributed by atoms with Crippen LogP contribution in [0.4, 0.5) is 0 Å². The number of rotatable bonds is 6. The summed E-state index contributed by atoms with van der Waals surface area (Å²) < 4.78 is 2.08. The highest BCUT2D eigenvalue weighted by Crippen LogP contribution is 2.13. The van der Waals surface area contributed by atoms with Crippen molar-refractivity contribution in [3.8, 4) is 0 Å². The van der Waals surface area contributed by atoms with Gasteiger partial charge >= 0.3 is 0 Å². The van der Waals surface area contributed by atoms with E-state index in [4.69, 9.17) is 0 Å². The van der Waals surface area contributed by atoms with E-state index < -0.39 is 0 Å². The Bertz CT molecular complexity index is 762. The van der Waals surface area contributed by atoms with E-state index in [1.54, 1.807) is 0 Å². The first-order chi connectivity index (χ1) is 10.8. The molecule has 0 aliphatic rings. The molecule has 0 unspecified atom stereocenters. The molecule has 1 aromatic heterocycles. The third-order valence-electron chi connectivity index (χ3n) is 3.50. The van der Waals surface area contributed by atoms with Crippen molar-refractivity contribution in [2.45, 2.75) is 5.75 Å². The van der Waals surface area contributed by atoms with Crippen LogP contribution in [0.15, 0.2) is 59.6 Å². The van der Waals surface area contributed by atoms with Crippen molar-refractivity contribution in [1.29, 1.82) is 0 Å². The van der Waals surface area contributed by atoms with Crippen LogP contribution in [0.1, 0.15) is 11.4 Å². The summed E-state index contributed by atoms with van der Waals surface area (Å²) in [5.41, 5.74) is 3.53. The number of aryl methyl sites for hydroxylation is 1. The number of hydrogen-bond acceptors (Lipinski definition) is 3. The van der Waals surface area contributed by atoms with Gasteiger partial charge in [0.2, 0.25) is 0 Å². The van der Waals surface area contributed by atoms with Gasteiger partial charge in [-0.3, -0.25) is 4.99 Å². The molecule has 22 heavy (non-hydrogen) atoms. The summed E-state index contributed by atoms with van der Waals surface area (Å²) >= 11 is 1.91. The number of hydrogen-bond donors (Lipinski definition) is 0. The number of aliphatic imine (C=N–C) groups is 1. The molecule has 0 amide bonds. The largest absolute Gasteiger partial charge is 0.326 e. The molecule has 0 atom stereocenters. The zero-order valence-corrected chi connectivity index (χ0v) is 13.5. The van der Waals surface area contributed by atoms with Crippen LogP contribution in [0.5, 0.6) is 0 Å². The standard InChI is InChI=1S/C18H19N3S/c1-21-17-10-6-5-9-16(17)20-18(21)13-19-11-12-22-14-15-7-3-2-4-8-15/h2-10,13H,11-12,14H2,1H3/b19-13+. The van der Waals surface area contributed by atoms with Crippen molar-refractivity contribution in [3.05, 3.63) is 66.0 Å². The summed E-state index contributed by atoms with van der Waals surface area (Å²) in [6.07, 6.45) is 1.88. The minimum atomic E-state index is 0.820. The number of benzene rings is 2. The van der Waals surface area contributed by atoms with Crippen molar-refractivity contribution in [2.24, 2.45) is 12.0 Å². The molecule has 0 N–H and O–H groups in total. The van der Waals surface area contributed by atoms with Crippen LogP contribution in [-0.2, 0) is 12.8 Å². The molecule has 0 saturated carbocycles. The van der Waals surface area contributed by atoms with E-state index in [1.165, 1.54) is 5.56 Å². The Kier molecular flexibility index (Phi) is 4.91. The highest BCUT2D eigenvalue weighted by molar-refractivity contribution is 7.98. The first kappa shape index (κ1) is 14.9. The summed E-state index contributed by atoms with van der Waals surface area (Å²) in [7, 11) is 2.03. The van der Waals surface area contributed by atoms with E-state index in [1.807, 2.05) is 43.2 Å². The van der Waals surface area contributed by atoms with E-state index in [0.29, 0.717) is 0 Å². The first-order valence-corrected chi connectivity index (χ1v) is 8.53. The van der Waals surface area contributed by atoms with Gasteiger partial charge in [0.25, 0.3) is 0 Å². The van der Waals surface area contributed by atoms with Gasteiger partial charge in [0.15, 0.2) is 5.82 Å². The molecular weight excluding hydrogens is 290 g/mol. The minimum Gasteiger partial charge on any atom is -0.326 e. The van der Waals surface area contributed by atoms with Crippen LogP contribution in [-0.4, -0.2) is 28.1 Å². The molecule has 0 aliphatic carbocycles. The Morgan fingerprint density at radius 2 is 1.86 bits per heavy atom. The van der Waals surface area contributed by atoms with Gasteiger partial charge in [-0.05, 0) is 17.7 Å². The number of thioether (sulfide) groups is 1. The lowest BCUT2D eigenvalue weighted by Crippen LogP contribution is -1.97. The average Bonchev–Trinajstić information content (AvgIpc) is 2.88. The fourth-order valence-corrected chi connectivity index (χ4v) is 3.11. The van der Waals surface area contributed by atoms with Crippen LogP contribution in [0.3, 0.4) is 0 Å².